The third-order valence-electron chi connectivity index (χ3n) is 4.38. The van der Waals surface area contributed by atoms with E-state index >= 15 is 0 Å². The van der Waals surface area contributed by atoms with Crippen LogP contribution in [0.5, 0.6) is 5.75 Å². The van der Waals surface area contributed by atoms with Crippen LogP contribution >= 0.6 is 0 Å². The van der Waals surface area contributed by atoms with E-state index in [-0.39, 0.29) is 0 Å². The molecule has 0 bridgehead atoms. The Hall–Kier alpha value is -2.92. The number of hydrogen-bond acceptors (Lipinski definition) is 5. The molecule has 0 saturated carbocycles. The van der Waals surface area contributed by atoms with Crippen molar-refractivity contribution in [1.29, 1.82) is 0 Å². The molecule has 0 N–H and O–H groups in total. The van der Waals surface area contributed by atoms with Gasteiger partial charge in [-0.3, -0.25) is 9.97 Å². The number of morpholine rings is 1. The van der Waals surface area contributed by atoms with E-state index in [1.807, 2.05) is 42.6 Å². The number of rotatable bonds is 5. The van der Waals surface area contributed by atoms with Crippen LogP contribution in [0, 0.1) is 0 Å². The Labute approximate surface area is 153 Å². The molecule has 0 spiro atoms. The fraction of sp³-hybridized carbons (Fsp3) is 0.238. The van der Waals surface area contributed by atoms with Crippen molar-refractivity contribution in [2.24, 2.45) is 0 Å². The van der Waals surface area contributed by atoms with Crippen molar-refractivity contribution in [1.82, 2.24) is 9.97 Å². The molecule has 0 amide bonds. The van der Waals surface area contributed by atoms with Crippen LogP contribution in [-0.4, -0.2) is 36.3 Å². The molecule has 3 heterocycles. The van der Waals surface area contributed by atoms with Crippen LogP contribution in [0.4, 0.5) is 5.69 Å². The summed E-state index contributed by atoms with van der Waals surface area (Å²) in [6, 6.07) is 18.0. The lowest BCUT2D eigenvalue weighted by Crippen LogP contribution is -2.36. The predicted molar refractivity (Wildman–Crippen MR) is 101 cm³/mol. The Balaban J connectivity index is 1.50. The highest BCUT2D eigenvalue weighted by Gasteiger charge is 2.16. The van der Waals surface area contributed by atoms with Gasteiger partial charge in [0.25, 0.3) is 0 Å². The fourth-order valence-electron chi connectivity index (χ4n) is 3.03. The second-order valence-corrected chi connectivity index (χ2v) is 6.10. The lowest BCUT2D eigenvalue weighted by molar-refractivity contribution is 0.122. The third kappa shape index (κ3) is 3.83. The molecule has 1 fully saturated rings. The van der Waals surface area contributed by atoms with Gasteiger partial charge in [0.05, 0.1) is 30.3 Å². The van der Waals surface area contributed by atoms with Gasteiger partial charge in [-0.2, -0.15) is 0 Å². The van der Waals surface area contributed by atoms with Gasteiger partial charge >= 0.3 is 0 Å². The van der Waals surface area contributed by atoms with Gasteiger partial charge in [0, 0.05) is 31.0 Å². The molecule has 1 aromatic carbocycles. The lowest BCUT2D eigenvalue weighted by atomic mass is 10.1. The van der Waals surface area contributed by atoms with Crippen molar-refractivity contribution in [2.45, 2.75) is 6.61 Å². The minimum Gasteiger partial charge on any atom is -0.487 e. The zero-order valence-electron chi connectivity index (χ0n) is 14.5. The van der Waals surface area contributed by atoms with Gasteiger partial charge in [0.2, 0.25) is 0 Å². The van der Waals surface area contributed by atoms with Gasteiger partial charge in [0.1, 0.15) is 12.4 Å². The third-order valence-corrected chi connectivity index (χ3v) is 4.38. The molecule has 3 aromatic rings. The van der Waals surface area contributed by atoms with Crippen LogP contribution < -0.4 is 9.64 Å². The molecule has 5 heteroatoms. The zero-order valence-corrected chi connectivity index (χ0v) is 14.5. The molecule has 4 rings (SSSR count). The highest BCUT2D eigenvalue weighted by Crippen LogP contribution is 2.30. The number of anilines is 1. The Bertz CT molecular complexity index is 831. The van der Waals surface area contributed by atoms with Crippen molar-refractivity contribution < 1.29 is 9.47 Å². The molecule has 0 radical (unpaired) electrons. The van der Waals surface area contributed by atoms with E-state index in [1.165, 1.54) is 0 Å². The smallest absolute Gasteiger partial charge is 0.130 e. The van der Waals surface area contributed by atoms with Crippen LogP contribution in [0.2, 0.25) is 0 Å². The number of pyridine rings is 2. The highest BCUT2D eigenvalue weighted by molar-refractivity contribution is 5.75. The Kier molecular flexibility index (Phi) is 5.07. The molecule has 1 aliphatic rings. The standard InChI is InChI=1S/C21H21N3O2/c1-2-10-22-18(4-1)16-26-19-8-6-17(7-9-19)21-20(5-3-11-23-21)24-12-14-25-15-13-24/h1-11H,12-16H2. The first-order chi connectivity index (χ1) is 12.9. The van der Waals surface area contributed by atoms with Crippen LogP contribution in [0.15, 0.2) is 67.0 Å². The maximum absolute atomic E-state index is 5.82. The summed E-state index contributed by atoms with van der Waals surface area (Å²) in [6.07, 6.45) is 3.61. The number of ether oxygens (including phenoxy) is 2. The molecule has 0 unspecified atom stereocenters. The Morgan fingerprint density at radius 3 is 2.46 bits per heavy atom. The molecule has 0 aliphatic carbocycles. The van der Waals surface area contributed by atoms with Gasteiger partial charge in [-0.25, -0.2) is 0 Å². The molecule has 0 atom stereocenters. The van der Waals surface area contributed by atoms with E-state index in [0.717, 1.165) is 54.7 Å². The molecule has 2 aromatic heterocycles. The molecular weight excluding hydrogens is 326 g/mol. The van der Waals surface area contributed by atoms with Crippen LogP contribution in [0.3, 0.4) is 0 Å². The Morgan fingerprint density at radius 1 is 0.885 bits per heavy atom. The van der Waals surface area contributed by atoms with Crippen molar-refractivity contribution in [2.75, 3.05) is 31.2 Å². The number of benzene rings is 1. The van der Waals surface area contributed by atoms with Crippen molar-refractivity contribution >= 4 is 5.69 Å². The first-order valence-corrected chi connectivity index (χ1v) is 8.81. The van der Waals surface area contributed by atoms with Crippen LogP contribution in [0.1, 0.15) is 5.69 Å². The van der Waals surface area contributed by atoms with Crippen molar-refractivity contribution in [3.63, 3.8) is 0 Å². The molecule has 5 nitrogen and oxygen atoms in total. The monoisotopic (exact) mass is 347 g/mol. The predicted octanol–water partition coefficient (Wildman–Crippen LogP) is 3.56. The molecule has 1 aliphatic heterocycles. The summed E-state index contributed by atoms with van der Waals surface area (Å²) in [5.74, 6) is 0.822. The largest absolute Gasteiger partial charge is 0.487 e. The summed E-state index contributed by atoms with van der Waals surface area (Å²) in [5, 5.41) is 0. The number of hydrogen-bond donors (Lipinski definition) is 0. The van der Waals surface area contributed by atoms with Gasteiger partial charge in [-0.1, -0.05) is 6.07 Å². The maximum atomic E-state index is 5.82. The van der Waals surface area contributed by atoms with E-state index in [0.29, 0.717) is 6.61 Å². The van der Waals surface area contributed by atoms with E-state index in [1.54, 1.807) is 6.20 Å². The first kappa shape index (κ1) is 16.5. The number of nitrogens with zero attached hydrogens (tertiary/aromatic N) is 3. The zero-order chi connectivity index (χ0) is 17.6. The van der Waals surface area contributed by atoms with Crippen molar-refractivity contribution in [3.05, 3.63) is 72.7 Å². The minimum atomic E-state index is 0.461. The quantitative estimate of drug-likeness (QED) is 0.706. The van der Waals surface area contributed by atoms with E-state index in [4.69, 9.17) is 9.47 Å². The Morgan fingerprint density at radius 2 is 1.69 bits per heavy atom. The van der Waals surface area contributed by atoms with E-state index < -0.39 is 0 Å². The summed E-state index contributed by atoms with van der Waals surface area (Å²) in [6.45, 7) is 3.76. The lowest BCUT2D eigenvalue weighted by Gasteiger charge is -2.30. The minimum absolute atomic E-state index is 0.461. The maximum Gasteiger partial charge on any atom is 0.130 e. The van der Waals surface area contributed by atoms with Gasteiger partial charge < -0.3 is 14.4 Å². The van der Waals surface area contributed by atoms with Gasteiger partial charge in [-0.05, 0) is 48.5 Å². The normalized spacial score (nSPS) is 14.2. The molecule has 26 heavy (non-hydrogen) atoms. The van der Waals surface area contributed by atoms with Crippen molar-refractivity contribution in [3.8, 4) is 17.0 Å². The summed E-state index contributed by atoms with van der Waals surface area (Å²) >= 11 is 0. The van der Waals surface area contributed by atoms with Gasteiger partial charge in [-0.15, -0.1) is 0 Å². The van der Waals surface area contributed by atoms with Crippen LogP contribution in [0.25, 0.3) is 11.3 Å². The van der Waals surface area contributed by atoms with E-state index in [2.05, 4.69) is 33.1 Å². The summed E-state index contributed by atoms with van der Waals surface area (Å²) < 4.78 is 11.3. The average Bonchev–Trinajstić information content (AvgIpc) is 2.74. The second kappa shape index (κ2) is 7.97. The summed E-state index contributed by atoms with van der Waals surface area (Å²) in [7, 11) is 0. The van der Waals surface area contributed by atoms with Gasteiger partial charge in [0.15, 0.2) is 0 Å². The highest BCUT2D eigenvalue weighted by atomic mass is 16.5. The van der Waals surface area contributed by atoms with Crippen LogP contribution in [-0.2, 0) is 11.3 Å². The SMILES string of the molecule is c1ccc(COc2ccc(-c3ncccc3N3CCOCC3)cc2)nc1. The average molecular weight is 347 g/mol. The summed E-state index contributed by atoms with van der Waals surface area (Å²) in [5.41, 5.74) is 4.14. The fourth-order valence-corrected chi connectivity index (χ4v) is 3.03. The second-order valence-electron chi connectivity index (χ2n) is 6.10. The molecule has 132 valence electrons. The first-order valence-electron chi connectivity index (χ1n) is 8.81. The summed E-state index contributed by atoms with van der Waals surface area (Å²) in [4.78, 5) is 11.2. The molecule has 1 saturated heterocycles. The molecular formula is C21H21N3O2. The number of aromatic nitrogens is 2. The van der Waals surface area contributed by atoms with E-state index in [9.17, 15) is 0 Å². The topological polar surface area (TPSA) is 47.5 Å².